The topological polar surface area (TPSA) is 77.8 Å². The van der Waals surface area contributed by atoms with E-state index >= 15 is 0 Å². The Hall–Kier alpha value is -2.53. The molecule has 3 aromatic rings. The maximum Gasteiger partial charge on any atom is 0.244 e. The summed E-state index contributed by atoms with van der Waals surface area (Å²) in [6.45, 7) is 0. The van der Waals surface area contributed by atoms with Crippen LogP contribution in [0.3, 0.4) is 0 Å². The molecule has 0 aliphatic rings. The van der Waals surface area contributed by atoms with E-state index in [2.05, 4.69) is 15.1 Å². The number of benzene rings is 1. The van der Waals surface area contributed by atoms with E-state index in [4.69, 9.17) is 10.3 Å². The van der Waals surface area contributed by atoms with Gasteiger partial charge in [-0.1, -0.05) is 35.5 Å². The lowest BCUT2D eigenvalue weighted by molar-refractivity contribution is 0.354. The molecule has 0 saturated heterocycles. The first-order valence-electron chi connectivity index (χ1n) is 6.36. The van der Waals surface area contributed by atoms with E-state index in [1.165, 1.54) is 0 Å². The van der Waals surface area contributed by atoms with Gasteiger partial charge < -0.3 is 10.3 Å². The zero-order valence-corrected chi connectivity index (χ0v) is 10.8. The minimum Gasteiger partial charge on any atom is -0.337 e. The highest BCUT2D eigenvalue weighted by atomic mass is 16.5. The summed E-state index contributed by atoms with van der Waals surface area (Å²) >= 11 is 0. The molecule has 0 bridgehead atoms. The largest absolute Gasteiger partial charge is 0.337 e. The molecule has 2 aromatic heterocycles. The molecule has 5 heteroatoms. The number of hydrogen-bond donors (Lipinski definition) is 1. The van der Waals surface area contributed by atoms with Gasteiger partial charge >= 0.3 is 0 Å². The van der Waals surface area contributed by atoms with Crippen LogP contribution in [-0.4, -0.2) is 15.1 Å². The molecule has 0 radical (unpaired) electrons. The second-order valence-corrected chi connectivity index (χ2v) is 4.49. The molecule has 0 saturated carbocycles. The lowest BCUT2D eigenvalue weighted by Gasteiger charge is -2.05. The Labute approximate surface area is 116 Å². The van der Waals surface area contributed by atoms with Gasteiger partial charge in [0.25, 0.3) is 0 Å². The molecular formula is C15H14N4O. The Balaban J connectivity index is 1.77. The number of pyridine rings is 1. The highest BCUT2D eigenvalue weighted by Gasteiger charge is 2.16. The predicted molar refractivity (Wildman–Crippen MR) is 74.6 cm³/mol. The Kier molecular flexibility index (Phi) is 3.52. The molecule has 0 fully saturated rings. The third kappa shape index (κ3) is 2.73. The van der Waals surface area contributed by atoms with E-state index < -0.39 is 0 Å². The zero-order valence-electron chi connectivity index (χ0n) is 10.8. The van der Waals surface area contributed by atoms with Crippen molar-refractivity contribution in [3.63, 3.8) is 0 Å². The van der Waals surface area contributed by atoms with Gasteiger partial charge in [0.2, 0.25) is 11.7 Å². The predicted octanol–water partition coefficient (Wildman–Crippen LogP) is 2.37. The Bertz CT molecular complexity index is 667. The molecule has 5 nitrogen and oxygen atoms in total. The number of aromatic nitrogens is 3. The molecule has 100 valence electrons. The smallest absolute Gasteiger partial charge is 0.244 e. The summed E-state index contributed by atoms with van der Waals surface area (Å²) in [5.41, 5.74) is 8.12. The van der Waals surface area contributed by atoms with Crippen molar-refractivity contribution in [2.75, 3.05) is 0 Å². The molecule has 0 aliphatic heterocycles. The van der Waals surface area contributed by atoms with Crippen LogP contribution in [0.1, 0.15) is 17.5 Å². The van der Waals surface area contributed by atoms with Gasteiger partial charge in [0.1, 0.15) is 0 Å². The molecule has 20 heavy (non-hydrogen) atoms. The van der Waals surface area contributed by atoms with Crippen molar-refractivity contribution < 1.29 is 4.52 Å². The lowest BCUT2D eigenvalue weighted by Crippen LogP contribution is -2.13. The molecule has 3 rings (SSSR count). The second kappa shape index (κ2) is 5.63. The van der Waals surface area contributed by atoms with E-state index in [-0.39, 0.29) is 6.04 Å². The molecule has 0 amide bonds. The first kappa shape index (κ1) is 12.5. The molecule has 2 N–H and O–H groups in total. The number of hydrogen-bond acceptors (Lipinski definition) is 5. The van der Waals surface area contributed by atoms with Crippen LogP contribution in [0, 0.1) is 0 Å². The van der Waals surface area contributed by atoms with Gasteiger partial charge in [-0.3, -0.25) is 4.98 Å². The fourth-order valence-electron chi connectivity index (χ4n) is 1.96. The van der Waals surface area contributed by atoms with Crippen molar-refractivity contribution in [3.8, 4) is 11.4 Å². The number of nitrogens with two attached hydrogens (primary N) is 1. The fourth-order valence-corrected chi connectivity index (χ4v) is 1.96. The molecule has 1 aromatic carbocycles. The van der Waals surface area contributed by atoms with Crippen LogP contribution in [-0.2, 0) is 6.42 Å². The quantitative estimate of drug-likeness (QED) is 0.784. The van der Waals surface area contributed by atoms with Crippen molar-refractivity contribution in [3.05, 3.63) is 66.3 Å². The van der Waals surface area contributed by atoms with Gasteiger partial charge in [-0.05, 0) is 24.1 Å². The Morgan fingerprint density at radius 2 is 1.80 bits per heavy atom. The number of nitrogens with zero attached hydrogens (tertiary/aromatic N) is 3. The van der Waals surface area contributed by atoms with Crippen LogP contribution in [0.15, 0.2) is 59.4 Å². The molecule has 0 aliphatic carbocycles. The highest BCUT2D eigenvalue weighted by molar-refractivity contribution is 5.52. The van der Waals surface area contributed by atoms with E-state index in [9.17, 15) is 0 Å². The van der Waals surface area contributed by atoms with Crippen molar-refractivity contribution in [1.82, 2.24) is 15.1 Å². The van der Waals surface area contributed by atoms with Gasteiger partial charge in [0, 0.05) is 18.0 Å². The van der Waals surface area contributed by atoms with Crippen LogP contribution in [0.25, 0.3) is 11.4 Å². The average Bonchev–Trinajstić information content (AvgIpc) is 2.99. The first-order valence-corrected chi connectivity index (χ1v) is 6.36. The minimum absolute atomic E-state index is 0.305. The monoisotopic (exact) mass is 266 g/mol. The van der Waals surface area contributed by atoms with Crippen molar-refractivity contribution >= 4 is 0 Å². The first-order chi connectivity index (χ1) is 9.83. The summed E-state index contributed by atoms with van der Waals surface area (Å²) in [5.74, 6) is 0.978. The summed E-state index contributed by atoms with van der Waals surface area (Å²) in [5, 5.41) is 3.96. The van der Waals surface area contributed by atoms with E-state index in [0.29, 0.717) is 18.1 Å². The van der Waals surface area contributed by atoms with Gasteiger partial charge in [-0.2, -0.15) is 4.98 Å². The molecule has 1 atom stereocenters. The summed E-state index contributed by atoms with van der Waals surface area (Å²) in [6.07, 6.45) is 4.04. The summed E-state index contributed by atoms with van der Waals surface area (Å²) in [6, 6.07) is 13.4. The van der Waals surface area contributed by atoms with Gasteiger partial charge in [-0.15, -0.1) is 0 Å². The van der Waals surface area contributed by atoms with Gasteiger partial charge in [0.05, 0.1) is 6.04 Å². The maximum absolute atomic E-state index is 6.11. The summed E-state index contributed by atoms with van der Waals surface area (Å²) < 4.78 is 5.25. The highest BCUT2D eigenvalue weighted by Crippen LogP contribution is 2.19. The Morgan fingerprint density at radius 1 is 1.05 bits per heavy atom. The van der Waals surface area contributed by atoms with Crippen LogP contribution in [0.4, 0.5) is 0 Å². The van der Waals surface area contributed by atoms with Crippen LogP contribution >= 0.6 is 0 Å². The molecular weight excluding hydrogens is 252 g/mol. The van der Waals surface area contributed by atoms with Crippen molar-refractivity contribution in [1.29, 1.82) is 0 Å². The maximum atomic E-state index is 6.11. The normalized spacial score (nSPS) is 12.2. The molecule has 0 spiro atoms. The molecule has 1 unspecified atom stereocenters. The summed E-state index contributed by atoms with van der Waals surface area (Å²) in [4.78, 5) is 8.30. The van der Waals surface area contributed by atoms with Crippen molar-refractivity contribution in [2.24, 2.45) is 5.73 Å². The van der Waals surface area contributed by atoms with Crippen LogP contribution in [0.2, 0.25) is 0 Å². The lowest BCUT2D eigenvalue weighted by atomic mass is 10.1. The van der Waals surface area contributed by atoms with E-state index in [1.807, 2.05) is 42.5 Å². The fraction of sp³-hybridized carbons (Fsp3) is 0.133. The average molecular weight is 266 g/mol. The van der Waals surface area contributed by atoms with Gasteiger partial charge in [-0.25, -0.2) is 0 Å². The number of rotatable bonds is 4. The van der Waals surface area contributed by atoms with E-state index in [1.54, 1.807) is 12.4 Å². The van der Waals surface area contributed by atoms with Crippen molar-refractivity contribution in [2.45, 2.75) is 12.5 Å². The molecule has 2 heterocycles. The van der Waals surface area contributed by atoms with Crippen LogP contribution < -0.4 is 5.73 Å². The SMILES string of the molecule is NC(Cc1ccccc1)c1nc(-c2ccncc2)no1. The standard InChI is InChI=1S/C15H14N4O/c16-13(10-11-4-2-1-3-5-11)15-18-14(19-20-15)12-6-8-17-9-7-12/h1-9,13H,10,16H2. The van der Waals surface area contributed by atoms with Gasteiger partial charge in [0.15, 0.2) is 0 Å². The second-order valence-electron chi connectivity index (χ2n) is 4.49. The third-order valence-electron chi connectivity index (χ3n) is 3.00. The minimum atomic E-state index is -0.305. The Morgan fingerprint density at radius 3 is 2.55 bits per heavy atom. The summed E-state index contributed by atoms with van der Waals surface area (Å²) in [7, 11) is 0. The third-order valence-corrected chi connectivity index (χ3v) is 3.00. The zero-order chi connectivity index (χ0) is 13.8. The van der Waals surface area contributed by atoms with E-state index in [0.717, 1.165) is 11.1 Å². The van der Waals surface area contributed by atoms with Crippen LogP contribution in [0.5, 0.6) is 0 Å².